The second-order valence-electron chi connectivity index (χ2n) is 7.48. The van der Waals surface area contributed by atoms with Gasteiger partial charge in [-0.25, -0.2) is 0 Å². The topological polar surface area (TPSA) is 0 Å². The molecule has 0 unspecified atom stereocenters. The Bertz CT molecular complexity index is 926. The van der Waals surface area contributed by atoms with Crippen molar-refractivity contribution in [1.29, 1.82) is 0 Å². The molecule has 0 heterocycles. The zero-order chi connectivity index (χ0) is 35.4. The molecule has 0 radical (unpaired) electrons. The number of alkyl halides is 27. The average Bonchev–Trinajstić information content (AvgIpc) is 2.67. The van der Waals surface area contributed by atoms with Crippen LogP contribution in [0.15, 0.2) is 0 Å². The fourth-order valence-electron chi connectivity index (χ4n) is 2.69. The van der Waals surface area contributed by atoms with Crippen molar-refractivity contribution in [1.82, 2.24) is 0 Å². The third kappa shape index (κ3) is 4.03. The van der Waals surface area contributed by atoms with Gasteiger partial charge in [0.15, 0.2) is 0 Å². The third-order valence-electron chi connectivity index (χ3n) is 5.00. The van der Waals surface area contributed by atoms with Gasteiger partial charge in [-0.2, -0.15) is 0 Å². The molecule has 0 nitrogen and oxygen atoms in total. The molecule has 0 bridgehead atoms. The molecule has 0 aliphatic rings. The maximum atomic E-state index is 14.9. The van der Waals surface area contributed by atoms with E-state index in [4.69, 9.17) is 0 Å². The van der Waals surface area contributed by atoms with Gasteiger partial charge in [0, 0.05) is 0 Å². The van der Waals surface area contributed by atoms with Crippen LogP contribution in [0.2, 0.25) is 0 Å². The summed E-state index contributed by atoms with van der Waals surface area (Å²) in [6.07, 6.45) is -46.5. The summed E-state index contributed by atoms with van der Waals surface area (Å²) >= 11 is 0. The van der Waals surface area contributed by atoms with Crippen LogP contribution in [0, 0.1) is 0 Å². The summed E-state index contributed by atoms with van der Waals surface area (Å²) in [5.74, 6) is -19.8. The number of halogens is 29. The van der Waals surface area contributed by atoms with Crippen molar-refractivity contribution in [2.75, 3.05) is 0 Å². The first-order valence-electron chi connectivity index (χ1n) is 8.36. The van der Waals surface area contributed by atoms with E-state index in [1.54, 1.807) is 0 Å². The van der Waals surface area contributed by atoms with E-state index in [-0.39, 0.29) is 0 Å². The quantitative estimate of drug-likeness (QED) is 0.181. The molecule has 0 amide bonds. The molecule has 0 saturated carbocycles. The van der Waals surface area contributed by atoms with E-state index >= 15 is 0 Å². The molecule has 0 aliphatic heterocycles. The fourth-order valence-corrected chi connectivity index (χ4v) is 5.97. The molecule has 0 aromatic heterocycles. The van der Waals surface area contributed by atoms with Crippen molar-refractivity contribution < 1.29 is 127 Å². The van der Waals surface area contributed by atoms with Gasteiger partial charge in [0.2, 0.25) is 0 Å². The summed E-state index contributed by atoms with van der Waals surface area (Å²) in [5.41, 5.74) is -54.0. The predicted molar refractivity (Wildman–Crippen MR) is 71.8 cm³/mol. The van der Waals surface area contributed by atoms with Crippen molar-refractivity contribution in [3.05, 3.63) is 0 Å². The van der Waals surface area contributed by atoms with E-state index in [2.05, 4.69) is 0 Å². The number of hydrogen-bond acceptors (Lipinski definition) is 0. The summed E-state index contributed by atoms with van der Waals surface area (Å²) in [5, 5.41) is 0. The molecule has 0 aliphatic carbocycles. The molecule has 0 aromatic rings. The Morgan fingerprint density at radius 3 is 0.571 bits per heavy atom. The average molecular weight is 726 g/mol. The SMILES string of the molecule is FC(F)(F)C(F)(F)C(F)(F)C(F)(F)P(F)(F)(C(F)(F)C(F)(C(F)(F)F)C(F)(F)F)C(F)(F)C(F)(C(F)(F)F)C(F)(F)F. The zero-order valence-electron chi connectivity index (χ0n) is 17.4. The van der Waals surface area contributed by atoms with E-state index in [9.17, 15) is 127 Å². The summed E-state index contributed by atoms with van der Waals surface area (Å²) in [7, 11) is -15.4. The van der Waals surface area contributed by atoms with Crippen LogP contribution in [0.3, 0.4) is 0 Å². The van der Waals surface area contributed by atoms with Crippen LogP contribution >= 0.6 is 7.22 Å². The van der Waals surface area contributed by atoms with Crippen LogP contribution < -0.4 is 0 Å². The Balaban J connectivity index is 9.27. The van der Waals surface area contributed by atoms with Crippen LogP contribution in [0.4, 0.5) is 127 Å². The van der Waals surface area contributed by atoms with E-state index in [1.807, 2.05) is 0 Å². The second-order valence-corrected chi connectivity index (χ2v) is 11.0. The maximum absolute atomic E-state index is 15.4. The Kier molecular flexibility index (Phi) is 8.65. The summed E-state index contributed by atoms with van der Waals surface area (Å²) in [4.78, 5) is 0. The van der Waals surface area contributed by atoms with Crippen molar-refractivity contribution in [3.8, 4) is 0 Å². The molecule has 0 rings (SSSR count). The van der Waals surface area contributed by atoms with Gasteiger partial charge in [-0.15, -0.1) is 0 Å². The van der Waals surface area contributed by atoms with E-state index in [0.717, 1.165) is 0 Å². The summed E-state index contributed by atoms with van der Waals surface area (Å²) < 4.78 is 383. The Hall–Kier alpha value is -1.60. The van der Waals surface area contributed by atoms with Gasteiger partial charge in [0.25, 0.3) is 0 Å². The van der Waals surface area contributed by atoms with Crippen molar-refractivity contribution in [3.63, 3.8) is 0 Å². The molecule has 0 N–H and O–H groups in total. The van der Waals surface area contributed by atoms with Crippen molar-refractivity contribution in [2.45, 2.75) is 71.1 Å². The molecule has 0 fully saturated rings. The Labute approximate surface area is 206 Å². The second kappa shape index (κ2) is 8.99. The first-order valence-corrected chi connectivity index (χ1v) is 10.4. The van der Waals surface area contributed by atoms with Crippen LogP contribution in [-0.2, 0) is 0 Å². The molecule has 0 atom stereocenters. The number of rotatable bonds is 7. The molecular formula is C12F29P. The molecule has 30 heteroatoms. The molecular weight excluding hydrogens is 726 g/mol. The van der Waals surface area contributed by atoms with Crippen molar-refractivity contribution in [2.24, 2.45) is 0 Å². The summed E-state index contributed by atoms with van der Waals surface area (Å²) in [6, 6.07) is 0. The molecule has 0 spiro atoms. The van der Waals surface area contributed by atoms with E-state index < -0.39 is 78.3 Å². The first kappa shape index (κ1) is 40.4. The van der Waals surface area contributed by atoms with Crippen LogP contribution in [0.5, 0.6) is 0 Å². The molecule has 42 heavy (non-hydrogen) atoms. The Morgan fingerprint density at radius 2 is 0.429 bits per heavy atom. The minimum absolute atomic E-state index is 8.81. The molecule has 256 valence electrons. The van der Waals surface area contributed by atoms with E-state index in [1.165, 1.54) is 0 Å². The molecule has 0 aromatic carbocycles. The third-order valence-corrected chi connectivity index (χ3v) is 8.85. The monoisotopic (exact) mass is 726 g/mol. The summed E-state index contributed by atoms with van der Waals surface area (Å²) in [6.45, 7) is 0. The normalized spacial score (nSPS) is 18.2. The first-order chi connectivity index (χ1) is 17.3. The van der Waals surface area contributed by atoms with Crippen LogP contribution in [-0.4, -0.2) is 71.1 Å². The fraction of sp³-hybridized carbons (Fsp3) is 1.00. The standard InChI is InChI=1S/C12F29P/c13-1(5(19,20)21,6(22,23)24)10(34,35)42(40,41,11(36,37)2(14,7(25,26)27)8(28,29)30)12(38,39)4(17,18)3(15,16)9(31,32)33. The van der Waals surface area contributed by atoms with Gasteiger partial charge in [-0.1, -0.05) is 0 Å². The Morgan fingerprint density at radius 1 is 0.238 bits per heavy atom. The van der Waals surface area contributed by atoms with E-state index in [0.29, 0.717) is 0 Å². The van der Waals surface area contributed by atoms with Gasteiger partial charge in [0.1, 0.15) is 0 Å². The van der Waals surface area contributed by atoms with Crippen LogP contribution in [0.25, 0.3) is 0 Å². The van der Waals surface area contributed by atoms with Gasteiger partial charge >= 0.3 is 205 Å². The van der Waals surface area contributed by atoms with Crippen molar-refractivity contribution >= 4 is 7.22 Å². The predicted octanol–water partition coefficient (Wildman–Crippen LogP) is 10.6. The van der Waals surface area contributed by atoms with Gasteiger partial charge in [-0.05, 0) is 0 Å². The molecule has 0 saturated heterocycles. The zero-order valence-corrected chi connectivity index (χ0v) is 18.3. The number of hydrogen-bond donors (Lipinski definition) is 0. The van der Waals surface area contributed by atoms with Crippen LogP contribution in [0.1, 0.15) is 0 Å². The van der Waals surface area contributed by atoms with Gasteiger partial charge in [0.05, 0.1) is 0 Å². The van der Waals surface area contributed by atoms with Gasteiger partial charge in [-0.3, -0.25) is 0 Å². The minimum atomic E-state index is -15.4. The van der Waals surface area contributed by atoms with Gasteiger partial charge < -0.3 is 0 Å².